The van der Waals surface area contributed by atoms with Gasteiger partial charge < -0.3 is 23.4 Å². The molecule has 0 spiro atoms. The van der Waals surface area contributed by atoms with Crippen molar-refractivity contribution in [3.05, 3.63) is 23.4 Å². The zero-order valence-corrected chi connectivity index (χ0v) is 20.5. The molecule has 0 fully saturated rings. The van der Waals surface area contributed by atoms with Crippen LogP contribution in [0.25, 0.3) is 16.0 Å². The molecule has 142 valence electrons. The van der Waals surface area contributed by atoms with Crippen LogP contribution in [0.2, 0.25) is 0 Å². The normalized spacial score (nSPS) is 8.87. The van der Waals surface area contributed by atoms with Crippen LogP contribution in [0.5, 0.6) is 0 Å². The average Bonchev–Trinajstić information content (AvgIpc) is 2.29. The SMILES string of the molecule is CC(C)NC(NC(C)C)N(C)C.C[N-]C.C[N-]C.C[N-]C.[CH3-].[Zr+4]. The summed E-state index contributed by atoms with van der Waals surface area (Å²) in [5, 5.41) is 17.4. The van der Waals surface area contributed by atoms with Crippen molar-refractivity contribution in [2.45, 2.75) is 46.1 Å². The van der Waals surface area contributed by atoms with Crippen molar-refractivity contribution in [1.29, 1.82) is 0 Å². The first-order valence-corrected chi connectivity index (χ1v) is 7.30. The molecule has 2 N–H and O–H groups in total. The van der Waals surface area contributed by atoms with Crippen LogP contribution < -0.4 is 10.6 Å². The molecular weight excluding hydrogens is 367 g/mol. The first-order chi connectivity index (χ1) is 9.67. The maximum absolute atomic E-state index is 3.50. The standard InChI is InChI=1S/C9H23N3.3C2H6N.CH3.Zr/c1-7(2)10-9(12(5)6)11-8(3)4;3*1-3-2;;/h7-11H,1-6H3;3*1-2H3;1H3;/q;4*-1;+4. The number of nitrogens with one attached hydrogen (secondary N) is 2. The number of nitrogens with zero attached hydrogens (tertiary/aromatic N) is 4. The fourth-order valence-electron chi connectivity index (χ4n) is 0.978. The molecule has 0 aliphatic heterocycles. The zero-order chi connectivity index (χ0) is 17.8. The molecule has 0 aromatic carbocycles. The van der Waals surface area contributed by atoms with Crippen LogP contribution in [0.1, 0.15) is 27.7 Å². The van der Waals surface area contributed by atoms with E-state index < -0.39 is 0 Å². The van der Waals surface area contributed by atoms with Crippen LogP contribution in [0.15, 0.2) is 0 Å². The first-order valence-electron chi connectivity index (χ1n) is 7.30. The van der Waals surface area contributed by atoms with Crippen LogP contribution in [0, 0.1) is 7.43 Å². The number of hydrogen-bond donors (Lipinski definition) is 2. The monoisotopic (exact) mass is 410 g/mol. The Hall–Kier alpha value is 0.643. The van der Waals surface area contributed by atoms with Gasteiger partial charge in [0.15, 0.2) is 0 Å². The van der Waals surface area contributed by atoms with Crippen molar-refractivity contribution in [2.75, 3.05) is 56.4 Å². The third-order valence-electron chi connectivity index (χ3n) is 1.50. The van der Waals surface area contributed by atoms with E-state index in [0.717, 1.165) is 0 Å². The van der Waals surface area contributed by atoms with Gasteiger partial charge in [-0.3, -0.25) is 15.5 Å². The van der Waals surface area contributed by atoms with Gasteiger partial charge in [-0.25, -0.2) is 0 Å². The van der Waals surface area contributed by atoms with Crippen molar-refractivity contribution >= 4 is 0 Å². The zero-order valence-electron chi connectivity index (χ0n) is 18.0. The minimum atomic E-state index is 0. The third-order valence-corrected chi connectivity index (χ3v) is 1.50. The fraction of sp³-hybridized carbons (Fsp3) is 0.938. The molecule has 0 atom stereocenters. The van der Waals surface area contributed by atoms with Gasteiger partial charge in [0.05, 0.1) is 0 Å². The average molecular weight is 412 g/mol. The minimum Gasteiger partial charge on any atom is -0.668 e. The third kappa shape index (κ3) is 60.4. The topological polar surface area (TPSA) is 69.6 Å². The maximum atomic E-state index is 3.50. The molecule has 0 saturated carbocycles. The quantitative estimate of drug-likeness (QED) is 0.539. The molecular formula is C16H44N6Zr. The van der Waals surface area contributed by atoms with Gasteiger partial charge in [-0.1, -0.05) is 0 Å². The summed E-state index contributed by atoms with van der Waals surface area (Å²) >= 11 is 0. The smallest absolute Gasteiger partial charge is 0.668 e. The van der Waals surface area contributed by atoms with E-state index >= 15 is 0 Å². The van der Waals surface area contributed by atoms with E-state index in [2.05, 4.69) is 73.3 Å². The van der Waals surface area contributed by atoms with Gasteiger partial charge >= 0.3 is 26.2 Å². The molecule has 23 heavy (non-hydrogen) atoms. The van der Waals surface area contributed by atoms with Crippen molar-refractivity contribution in [1.82, 2.24) is 15.5 Å². The van der Waals surface area contributed by atoms with Crippen molar-refractivity contribution in [2.24, 2.45) is 0 Å². The summed E-state index contributed by atoms with van der Waals surface area (Å²) < 4.78 is 0. The molecule has 0 amide bonds. The van der Waals surface area contributed by atoms with E-state index in [1.54, 1.807) is 42.3 Å². The van der Waals surface area contributed by atoms with E-state index in [1.165, 1.54) is 0 Å². The van der Waals surface area contributed by atoms with Crippen molar-refractivity contribution in [3.63, 3.8) is 0 Å². The van der Waals surface area contributed by atoms with Gasteiger partial charge in [-0.05, 0) is 41.8 Å². The molecule has 0 saturated heterocycles. The summed E-state index contributed by atoms with van der Waals surface area (Å²) in [7, 11) is 14.6. The molecule has 0 rings (SSSR count). The Morgan fingerprint density at radius 2 is 0.826 bits per heavy atom. The summed E-state index contributed by atoms with van der Waals surface area (Å²) in [6, 6.07) is 1.01. The van der Waals surface area contributed by atoms with Crippen LogP contribution in [0.3, 0.4) is 0 Å². The number of hydrogen-bond acceptors (Lipinski definition) is 3. The Labute approximate surface area is 167 Å². The molecule has 0 bridgehead atoms. The van der Waals surface area contributed by atoms with Gasteiger partial charge in [-0.15, -0.1) is 0 Å². The van der Waals surface area contributed by atoms with Crippen LogP contribution in [-0.4, -0.2) is 79.7 Å². The Balaban J connectivity index is -0.0000000552. The summed E-state index contributed by atoms with van der Waals surface area (Å²) in [5.74, 6) is 0. The molecule has 6 nitrogen and oxygen atoms in total. The molecule has 7 heteroatoms. The Morgan fingerprint density at radius 1 is 0.652 bits per heavy atom. The Bertz CT molecular complexity index is 143. The van der Waals surface area contributed by atoms with E-state index in [4.69, 9.17) is 0 Å². The summed E-state index contributed by atoms with van der Waals surface area (Å²) in [6.45, 7) is 8.61. The molecule has 0 aromatic heterocycles. The number of rotatable bonds is 5. The molecule has 0 aliphatic carbocycles. The van der Waals surface area contributed by atoms with Crippen molar-refractivity contribution < 1.29 is 26.2 Å². The van der Waals surface area contributed by atoms with Crippen LogP contribution in [-0.2, 0) is 26.2 Å². The van der Waals surface area contributed by atoms with Gasteiger partial charge in [0, 0.05) is 12.1 Å². The van der Waals surface area contributed by atoms with E-state index in [0.29, 0.717) is 12.1 Å². The van der Waals surface area contributed by atoms with Gasteiger partial charge in [0.2, 0.25) is 0 Å². The molecule has 0 aromatic rings. The van der Waals surface area contributed by atoms with Gasteiger partial charge in [0.1, 0.15) is 6.29 Å². The summed E-state index contributed by atoms with van der Waals surface area (Å²) in [6.07, 6.45) is 0.269. The second-order valence-electron chi connectivity index (χ2n) is 5.35. The van der Waals surface area contributed by atoms with Gasteiger partial charge in [-0.2, -0.15) is 42.3 Å². The van der Waals surface area contributed by atoms with Crippen molar-refractivity contribution in [3.8, 4) is 0 Å². The molecule has 0 aliphatic rings. The molecule has 0 unspecified atom stereocenters. The predicted octanol–water partition coefficient (Wildman–Crippen LogP) is 3.13. The molecule has 0 radical (unpaired) electrons. The second kappa shape index (κ2) is 34.1. The molecule has 0 heterocycles. The second-order valence-corrected chi connectivity index (χ2v) is 5.35. The van der Waals surface area contributed by atoms with Crippen LogP contribution >= 0.6 is 0 Å². The Kier molecular flexibility index (Phi) is 57.7. The Morgan fingerprint density at radius 3 is 0.913 bits per heavy atom. The fourth-order valence-corrected chi connectivity index (χ4v) is 0.978. The first kappa shape index (κ1) is 38.9. The van der Waals surface area contributed by atoms with E-state index in [9.17, 15) is 0 Å². The van der Waals surface area contributed by atoms with Gasteiger partial charge in [0.25, 0.3) is 0 Å². The predicted molar refractivity (Wildman–Crippen MR) is 106 cm³/mol. The summed E-state index contributed by atoms with van der Waals surface area (Å²) in [5.41, 5.74) is 0. The van der Waals surface area contributed by atoms with E-state index in [-0.39, 0.29) is 39.9 Å². The largest absolute Gasteiger partial charge is 4.00 e. The maximum Gasteiger partial charge on any atom is 4.00 e. The van der Waals surface area contributed by atoms with Crippen LogP contribution in [0.4, 0.5) is 0 Å². The summed E-state index contributed by atoms with van der Waals surface area (Å²) in [4.78, 5) is 2.14. The van der Waals surface area contributed by atoms with E-state index in [1.807, 2.05) is 0 Å². The minimum absolute atomic E-state index is 0.